The van der Waals surface area contributed by atoms with E-state index in [2.05, 4.69) is 26.1 Å². The molecule has 0 fully saturated rings. The molecule has 0 spiro atoms. The second kappa shape index (κ2) is 5.90. The standard InChI is InChI=1S/C18H18N2O2/c1-18(2,3)14-7-8-16(21)15(10-14)20-17(22)13-6-4-5-12(9-13)11-19/h4-10,21H,1-3H3,(H,20,22). The summed E-state index contributed by atoms with van der Waals surface area (Å²) in [6.45, 7) is 6.17. The van der Waals surface area contributed by atoms with Gasteiger partial charge in [-0.25, -0.2) is 0 Å². The maximum Gasteiger partial charge on any atom is 0.255 e. The third kappa shape index (κ3) is 3.44. The van der Waals surface area contributed by atoms with E-state index in [9.17, 15) is 9.90 Å². The summed E-state index contributed by atoms with van der Waals surface area (Å²) in [7, 11) is 0. The van der Waals surface area contributed by atoms with E-state index in [1.165, 1.54) is 6.07 Å². The number of aromatic hydroxyl groups is 1. The molecule has 2 N–H and O–H groups in total. The molecule has 0 aliphatic rings. The maximum absolute atomic E-state index is 12.3. The first kappa shape index (κ1) is 15.6. The molecule has 1 amide bonds. The first-order valence-electron chi connectivity index (χ1n) is 6.96. The van der Waals surface area contributed by atoms with Crippen LogP contribution in [0, 0.1) is 11.3 Å². The molecule has 0 atom stereocenters. The number of rotatable bonds is 2. The number of hydrogen-bond acceptors (Lipinski definition) is 3. The number of hydrogen-bond donors (Lipinski definition) is 2. The molecule has 22 heavy (non-hydrogen) atoms. The first-order valence-corrected chi connectivity index (χ1v) is 6.96. The molecule has 0 unspecified atom stereocenters. The Balaban J connectivity index is 2.30. The second-order valence-electron chi connectivity index (χ2n) is 6.13. The number of phenolic OH excluding ortho intramolecular Hbond substituents is 1. The van der Waals surface area contributed by atoms with E-state index < -0.39 is 0 Å². The SMILES string of the molecule is CC(C)(C)c1ccc(O)c(NC(=O)c2cccc(C#N)c2)c1. The monoisotopic (exact) mass is 294 g/mol. The highest BCUT2D eigenvalue weighted by atomic mass is 16.3. The minimum atomic E-state index is -0.363. The Kier molecular flexibility index (Phi) is 4.18. The van der Waals surface area contributed by atoms with E-state index in [1.807, 2.05) is 12.1 Å². The van der Waals surface area contributed by atoms with Crippen LogP contribution < -0.4 is 5.32 Å². The van der Waals surface area contributed by atoms with Crippen LogP contribution in [0.15, 0.2) is 42.5 Å². The van der Waals surface area contributed by atoms with Gasteiger partial charge in [-0.05, 0) is 41.3 Å². The average Bonchev–Trinajstić information content (AvgIpc) is 2.48. The lowest BCUT2D eigenvalue weighted by molar-refractivity contribution is 0.102. The Morgan fingerprint density at radius 2 is 1.91 bits per heavy atom. The van der Waals surface area contributed by atoms with Crippen molar-refractivity contribution in [1.82, 2.24) is 0 Å². The van der Waals surface area contributed by atoms with Crippen LogP contribution in [0.4, 0.5) is 5.69 Å². The smallest absolute Gasteiger partial charge is 0.255 e. The van der Waals surface area contributed by atoms with E-state index in [4.69, 9.17) is 5.26 Å². The molecule has 0 radical (unpaired) electrons. The minimum absolute atomic E-state index is 0.0118. The lowest BCUT2D eigenvalue weighted by Gasteiger charge is -2.20. The van der Waals surface area contributed by atoms with Gasteiger partial charge in [0, 0.05) is 5.56 Å². The number of carbonyl (C=O) groups excluding carboxylic acids is 1. The summed E-state index contributed by atoms with van der Waals surface area (Å²) in [5.41, 5.74) is 2.07. The van der Waals surface area contributed by atoms with Gasteiger partial charge in [-0.1, -0.05) is 32.9 Å². The summed E-state index contributed by atoms with van der Waals surface area (Å²) in [6.07, 6.45) is 0. The van der Waals surface area contributed by atoms with Gasteiger partial charge in [0.05, 0.1) is 17.3 Å². The molecule has 0 aliphatic carbocycles. The number of nitrogens with one attached hydrogen (secondary N) is 1. The van der Waals surface area contributed by atoms with Crippen LogP contribution in [0.3, 0.4) is 0 Å². The van der Waals surface area contributed by atoms with Crippen molar-refractivity contribution >= 4 is 11.6 Å². The summed E-state index contributed by atoms with van der Waals surface area (Å²) < 4.78 is 0. The molecule has 4 heteroatoms. The molecule has 0 bridgehead atoms. The van der Waals surface area contributed by atoms with Crippen LogP contribution in [0.2, 0.25) is 0 Å². The Morgan fingerprint density at radius 1 is 1.18 bits per heavy atom. The van der Waals surface area contributed by atoms with Gasteiger partial charge in [-0.2, -0.15) is 5.26 Å². The van der Waals surface area contributed by atoms with Gasteiger partial charge >= 0.3 is 0 Å². The Labute approximate surface area is 130 Å². The van der Waals surface area contributed by atoms with Gasteiger partial charge in [0.25, 0.3) is 5.91 Å². The van der Waals surface area contributed by atoms with Crippen LogP contribution >= 0.6 is 0 Å². The fourth-order valence-corrected chi connectivity index (χ4v) is 2.03. The van der Waals surface area contributed by atoms with Crippen LogP contribution in [-0.4, -0.2) is 11.0 Å². The maximum atomic E-state index is 12.3. The van der Waals surface area contributed by atoms with Gasteiger partial charge in [-0.15, -0.1) is 0 Å². The Hall–Kier alpha value is -2.80. The lowest BCUT2D eigenvalue weighted by Crippen LogP contribution is -2.15. The van der Waals surface area contributed by atoms with E-state index in [0.29, 0.717) is 16.8 Å². The van der Waals surface area contributed by atoms with Crippen molar-refractivity contribution in [2.45, 2.75) is 26.2 Å². The minimum Gasteiger partial charge on any atom is -0.506 e. The van der Waals surface area contributed by atoms with Crippen LogP contribution in [-0.2, 0) is 5.41 Å². The van der Waals surface area contributed by atoms with Crippen LogP contribution in [0.5, 0.6) is 5.75 Å². The quantitative estimate of drug-likeness (QED) is 0.827. The predicted molar refractivity (Wildman–Crippen MR) is 85.9 cm³/mol. The molecule has 0 saturated heterocycles. The van der Waals surface area contributed by atoms with E-state index in [1.54, 1.807) is 30.3 Å². The Bertz CT molecular complexity index is 752. The molecule has 2 rings (SSSR count). The number of carbonyl (C=O) groups is 1. The summed E-state index contributed by atoms with van der Waals surface area (Å²) in [6, 6.07) is 13.6. The number of nitrogens with zero attached hydrogens (tertiary/aromatic N) is 1. The van der Waals surface area contributed by atoms with Crippen molar-refractivity contribution in [2.75, 3.05) is 5.32 Å². The molecular formula is C18H18N2O2. The zero-order valence-corrected chi connectivity index (χ0v) is 12.8. The predicted octanol–water partition coefficient (Wildman–Crippen LogP) is 3.81. The highest BCUT2D eigenvalue weighted by Gasteiger charge is 2.17. The average molecular weight is 294 g/mol. The summed E-state index contributed by atoms with van der Waals surface area (Å²) >= 11 is 0. The van der Waals surface area contributed by atoms with Gasteiger partial charge in [-0.3, -0.25) is 4.79 Å². The summed E-state index contributed by atoms with van der Waals surface area (Å²) in [5, 5.41) is 21.5. The van der Waals surface area contributed by atoms with E-state index >= 15 is 0 Å². The molecule has 2 aromatic rings. The number of anilines is 1. The number of nitriles is 1. The van der Waals surface area contributed by atoms with E-state index in [0.717, 1.165) is 5.56 Å². The van der Waals surface area contributed by atoms with Crippen LogP contribution in [0.25, 0.3) is 0 Å². The Morgan fingerprint density at radius 3 is 2.55 bits per heavy atom. The van der Waals surface area contributed by atoms with Crippen molar-refractivity contribution in [3.8, 4) is 11.8 Å². The molecule has 4 nitrogen and oxygen atoms in total. The third-order valence-corrected chi connectivity index (χ3v) is 3.36. The summed E-state index contributed by atoms with van der Waals surface area (Å²) in [4.78, 5) is 12.3. The molecule has 2 aromatic carbocycles. The van der Waals surface area contributed by atoms with Crippen molar-refractivity contribution < 1.29 is 9.90 Å². The largest absolute Gasteiger partial charge is 0.506 e. The fraction of sp³-hybridized carbons (Fsp3) is 0.222. The van der Waals surface area contributed by atoms with Gasteiger partial charge in [0.15, 0.2) is 0 Å². The van der Waals surface area contributed by atoms with Gasteiger partial charge < -0.3 is 10.4 Å². The van der Waals surface area contributed by atoms with Crippen molar-refractivity contribution in [3.63, 3.8) is 0 Å². The molecule has 0 aliphatic heterocycles. The van der Waals surface area contributed by atoms with Crippen molar-refractivity contribution in [1.29, 1.82) is 5.26 Å². The molecule has 0 aromatic heterocycles. The van der Waals surface area contributed by atoms with Gasteiger partial charge in [0.1, 0.15) is 5.75 Å². The molecule has 0 heterocycles. The lowest BCUT2D eigenvalue weighted by atomic mass is 9.87. The fourth-order valence-electron chi connectivity index (χ4n) is 2.03. The number of benzene rings is 2. The summed E-state index contributed by atoms with van der Waals surface area (Å²) in [5.74, 6) is -0.351. The number of phenols is 1. The topological polar surface area (TPSA) is 73.1 Å². The highest BCUT2D eigenvalue weighted by molar-refractivity contribution is 6.05. The first-order chi connectivity index (χ1) is 10.3. The van der Waals surface area contributed by atoms with Gasteiger partial charge in [0.2, 0.25) is 0 Å². The second-order valence-corrected chi connectivity index (χ2v) is 6.13. The normalized spacial score (nSPS) is 10.8. The third-order valence-electron chi connectivity index (χ3n) is 3.36. The number of amides is 1. The zero-order valence-electron chi connectivity index (χ0n) is 12.8. The van der Waals surface area contributed by atoms with Crippen LogP contribution in [0.1, 0.15) is 42.3 Å². The molecular weight excluding hydrogens is 276 g/mol. The zero-order chi connectivity index (χ0) is 16.3. The van der Waals surface area contributed by atoms with Crippen molar-refractivity contribution in [3.05, 3.63) is 59.2 Å². The highest BCUT2D eigenvalue weighted by Crippen LogP contribution is 2.31. The van der Waals surface area contributed by atoms with E-state index in [-0.39, 0.29) is 17.1 Å². The molecule has 112 valence electrons. The van der Waals surface area contributed by atoms with Crippen molar-refractivity contribution in [2.24, 2.45) is 0 Å². The molecule has 0 saturated carbocycles.